The molecule has 0 aliphatic heterocycles. The molecule has 0 heterocycles. The number of nitro groups is 1. The Morgan fingerprint density at radius 3 is 1.89 bits per heavy atom. The Labute approximate surface area is 116 Å². The lowest BCUT2D eigenvalue weighted by molar-refractivity contribution is -0.386. The number of halogens is 5. The zero-order valence-corrected chi connectivity index (χ0v) is 12.4. The number of rotatable bonds is 1. The third kappa shape index (κ3) is 6.00. The normalized spacial score (nSPS) is 9.74. The van der Waals surface area contributed by atoms with Crippen molar-refractivity contribution in [1.82, 2.24) is 0 Å². The Kier molecular flexibility index (Phi) is 9.37. The summed E-state index contributed by atoms with van der Waals surface area (Å²) in [5.41, 5.74) is -2.36. The predicted molar refractivity (Wildman–Crippen MR) is 68.5 cm³/mol. The maximum absolute atomic E-state index is 12.7. The van der Waals surface area contributed by atoms with Gasteiger partial charge in [0.1, 0.15) is 10.3 Å². The van der Waals surface area contributed by atoms with E-state index >= 15 is 0 Å². The zero-order valence-electron chi connectivity index (χ0n) is 10.8. The van der Waals surface area contributed by atoms with E-state index in [0.717, 1.165) is 0 Å². The van der Waals surface area contributed by atoms with Gasteiger partial charge in [-0.05, 0) is 22.0 Å². The van der Waals surface area contributed by atoms with Crippen LogP contribution in [0.2, 0.25) is 0 Å². The first-order chi connectivity index (χ1) is 8.73. The van der Waals surface area contributed by atoms with Crippen LogP contribution in [-0.4, -0.2) is 4.92 Å². The SMILES string of the molecule is CC.CC.O=[N+]([O-])c1cc(F)cc(C(F)(F)F)c1Br. The second kappa shape index (κ2) is 8.84. The molecule has 8 heteroatoms. The first-order valence-electron chi connectivity index (χ1n) is 5.44. The molecule has 1 aromatic carbocycles. The van der Waals surface area contributed by atoms with E-state index in [1.165, 1.54) is 0 Å². The molecule has 0 radical (unpaired) electrons. The van der Waals surface area contributed by atoms with Crippen LogP contribution in [0.25, 0.3) is 0 Å². The minimum absolute atomic E-state index is 0.192. The third-order valence-corrected chi connectivity index (χ3v) is 2.35. The van der Waals surface area contributed by atoms with E-state index in [9.17, 15) is 27.7 Å². The van der Waals surface area contributed by atoms with E-state index in [1.54, 1.807) is 0 Å². The van der Waals surface area contributed by atoms with Crippen LogP contribution in [0.15, 0.2) is 16.6 Å². The number of hydrogen-bond donors (Lipinski definition) is 0. The van der Waals surface area contributed by atoms with Crippen molar-refractivity contribution in [2.75, 3.05) is 0 Å². The molecule has 19 heavy (non-hydrogen) atoms. The van der Waals surface area contributed by atoms with Crippen molar-refractivity contribution < 1.29 is 22.5 Å². The highest BCUT2D eigenvalue weighted by Crippen LogP contribution is 2.39. The third-order valence-electron chi connectivity index (χ3n) is 1.52. The van der Waals surface area contributed by atoms with Crippen molar-refractivity contribution in [3.05, 3.63) is 38.1 Å². The zero-order chi connectivity index (χ0) is 15.8. The van der Waals surface area contributed by atoms with Gasteiger partial charge in [0.25, 0.3) is 5.69 Å². The summed E-state index contributed by atoms with van der Waals surface area (Å²) in [6.45, 7) is 8.00. The molecule has 0 aliphatic carbocycles. The Morgan fingerprint density at radius 1 is 1.16 bits per heavy atom. The number of nitro benzene ring substituents is 1. The van der Waals surface area contributed by atoms with Crippen LogP contribution in [-0.2, 0) is 6.18 Å². The first-order valence-corrected chi connectivity index (χ1v) is 6.23. The predicted octanol–water partition coefficient (Wildman–Crippen LogP) is 5.57. The molecule has 1 rings (SSSR count). The summed E-state index contributed by atoms with van der Waals surface area (Å²) in [4.78, 5) is 9.20. The summed E-state index contributed by atoms with van der Waals surface area (Å²) in [6.07, 6.45) is -4.84. The van der Waals surface area contributed by atoms with Crippen molar-refractivity contribution in [1.29, 1.82) is 0 Å². The molecule has 0 N–H and O–H groups in total. The summed E-state index contributed by atoms with van der Waals surface area (Å²) in [5, 5.41) is 10.3. The molecule has 0 aromatic heterocycles. The average molecular weight is 348 g/mol. The minimum atomic E-state index is -4.84. The fourth-order valence-corrected chi connectivity index (χ4v) is 1.51. The van der Waals surface area contributed by atoms with E-state index in [4.69, 9.17) is 0 Å². The van der Waals surface area contributed by atoms with Crippen LogP contribution in [0.5, 0.6) is 0 Å². The molecule has 0 fully saturated rings. The van der Waals surface area contributed by atoms with Crippen molar-refractivity contribution in [2.24, 2.45) is 0 Å². The van der Waals surface area contributed by atoms with Crippen molar-refractivity contribution in [3.8, 4) is 0 Å². The molecule has 0 unspecified atom stereocenters. The Hall–Kier alpha value is -1.18. The van der Waals surface area contributed by atoms with Crippen molar-refractivity contribution in [3.63, 3.8) is 0 Å². The van der Waals surface area contributed by atoms with Gasteiger partial charge in [-0.25, -0.2) is 4.39 Å². The van der Waals surface area contributed by atoms with Crippen LogP contribution in [0, 0.1) is 15.9 Å². The molecule has 3 nitrogen and oxygen atoms in total. The fraction of sp³-hybridized carbons (Fsp3) is 0.455. The summed E-state index contributed by atoms with van der Waals surface area (Å²) in [6, 6.07) is 0.608. The lowest BCUT2D eigenvalue weighted by Crippen LogP contribution is -2.08. The fourth-order valence-electron chi connectivity index (χ4n) is 0.914. The molecule has 0 amide bonds. The van der Waals surface area contributed by atoms with E-state index < -0.39 is 32.6 Å². The van der Waals surface area contributed by atoms with Gasteiger partial charge in [-0.15, -0.1) is 0 Å². The number of alkyl halides is 3. The molecule has 0 spiro atoms. The van der Waals surface area contributed by atoms with Gasteiger partial charge in [0.2, 0.25) is 0 Å². The Balaban J connectivity index is 0. The van der Waals surface area contributed by atoms with Gasteiger partial charge in [0, 0.05) is 0 Å². The minimum Gasteiger partial charge on any atom is -0.258 e. The smallest absolute Gasteiger partial charge is 0.258 e. The lowest BCUT2D eigenvalue weighted by Gasteiger charge is -2.08. The van der Waals surface area contributed by atoms with E-state index in [0.29, 0.717) is 6.07 Å². The highest BCUT2D eigenvalue weighted by Gasteiger charge is 2.36. The van der Waals surface area contributed by atoms with Gasteiger partial charge in [0.05, 0.1) is 16.6 Å². The van der Waals surface area contributed by atoms with Gasteiger partial charge < -0.3 is 0 Å². The molecule has 0 bridgehead atoms. The second-order valence-electron chi connectivity index (χ2n) is 2.54. The molecule has 1 aromatic rings. The van der Waals surface area contributed by atoms with Crippen molar-refractivity contribution in [2.45, 2.75) is 33.9 Å². The monoisotopic (exact) mass is 347 g/mol. The largest absolute Gasteiger partial charge is 0.417 e. The summed E-state index contributed by atoms with van der Waals surface area (Å²) < 4.78 is 48.7. The van der Waals surface area contributed by atoms with Gasteiger partial charge in [-0.3, -0.25) is 10.1 Å². The van der Waals surface area contributed by atoms with Gasteiger partial charge in [-0.2, -0.15) is 13.2 Å². The quantitative estimate of drug-likeness (QED) is 0.378. The molecule has 110 valence electrons. The van der Waals surface area contributed by atoms with Gasteiger partial charge in [0.15, 0.2) is 0 Å². The topological polar surface area (TPSA) is 43.1 Å². The second-order valence-corrected chi connectivity index (χ2v) is 3.33. The van der Waals surface area contributed by atoms with Gasteiger partial charge in [-0.1, -0.05) is 27.7 Å². The van der Waals surface area contributed by atoms with Crippen LogP contribution in [0.1, 0.15) is 33.3 Å². The number of nitrogens with zero attached hydrogens (tertiary/aromatic N) is 1. The lowest BCUT2D eigenvalue weighted by atomic mass is 10.2. The van der Waals surface area contributed by atoms with Crippen LogP contribution in [0.3, 0.4) is 0 Å². The highest BCUT2D eigenvalue weighted by molar-refractivity contribution is 9.10. The van der Waals surface area contributed by atoms with E-state index in [1.807, 2.05) is 27.7 Å². The average Bonchev–Trinajstić information content (AvgIpc) is 2.35. The standard InChI is InChI=1S/C7H2BrF4NO2.2C2H6/c8-6-4(7(10,11)12)1-3(9)2-5(6)13(14)15;2*1-2/h1-2H;2*1-2H3. The summed E-state index contributed by atoms with van der Waals surface area (Å²) >= 11 is 2.42. The molecule has 0 aliphatic rings. The molecule has 0 atom stereocenters. The maximum Gasteiger partial charge on any atom is 0.417 e. The summed E-state index contributed by atoms with van der Waals surface area (Å²) in [5.74, 6) is -1.31. The first kappa shape index (κ1) is 20.1. The van der Waals surface area contributed by atoms with Gasteiger partial charge >= 0.3 is 6.18 Å². The number of hydrogen-bond acceptors (Lipinski definition) is 2. The van der Waals surface area contributed by atoms with E-state index in [-0.39, 0.29) is 6.07 Å². The maximum atomic E-state index is 12.7. The Morgan fingerprint density at radius 2 is 1.58 bits per heavy atom. The molecular weight excluding hydrogens is 334 g/mol. The van der Waals surface area contributed by atoms with E-state index in [2.05, 4.69) is 15.9 Å². The molecular formula is C11H14BrF4NO2. The van der Waals surface area contributed by atoms with Crippen molar-refractivity contribution >= 4 is 21.6 Å². The highest BCUT2D eigenvalue weighted by atomic mass is 79.9. The van der Waals surface area contributed by atoms with Crippen LogP contribution in [0.4, 0.5) is 23.2 Å². The summed E-state index contributed by atoms with van der Waals surface area (Å²) in [7, 11) is 0. The number of benzene rings is 1. The van der Waals surface area contributed by atoms with Crippen LogP contribution >= 0.6 is 15.9 Å². The Bertz CT molecular complexity index is 422. The van der Waals surface area contributed by atoms with Crippen LogP contribution < -0.4 is 0 Å². The molecule has 0 saturated heterocycles. The molecule has 0 saturated carbocycles.